The van der Waals surface area contributed by atoms with Gasteiger partial charge in [-0.05, 0) is 70.0 Å². The molecule has 2 aromatic carbocycles. The standard InChI is InChI=1S/C15H16Cl2N2O2.C14H14Cl2N2O3/c1-4-11-9(3)19(18-14(11)15(20)21-5-2)13-7-6-10(16)8-12(13)17;1-3-9-12(14(20)21-4-2)17-18(13(9)19)11-6-5-8(15)7-10(11)16/h6-8H,4-5H2,1-3H3;5-7,9H,3-4H2,1-2H3. The molecular formula is C29H30Cl4N4O5. The Hall–Kier alpha value is -3.11. The number of hydrazone groups is 1. The van der Waals surface area contributed by atoms with Crippen LogP contribution in [0.1, 0.15) is 55.9 Å². The number of aromatic nitrogens is 2. The Morgan fingerprint density at radius 2 is 1.40 bits per heavy atom. The SMILES string of the molecule is CCOC(=O)C1=NN(c2ccc(Cl)cc2Cl)C(=O)C1CC.CCOC(=O)c1nn(-c2ccc(Cl)cc2Cl)c(C)c1CC. The van der Waals surface area contributed by atoms with Crippen molar-refractivity contribution in [2.24, 2.45) is 11.0 Å². The molecule has 1 aliphatic rings. The van der Waals surface area contributed by atoms with Crippen molar-refractivity contribution in [1.82, 2.24) is 9.78 Å². The van der Waals surface area contributed by atoms with Gasteiger partial charge in [0, 0.05) is 21.3 Å². The third-order valence-corrected chi connectivity index (χ3v) is 7.35. The number of benzene rings is 2. The lowest BCUT2D eigenvalue weighted by Crippen LogP contribution is -2.30. The van der Waals surface area contributed by atoms with Crippen molar-refractivity contribution in [3.63, 3.8) is 0 Å². The van der Waals surface area contributed by atoms with Crippen LogP contribution in [0.5, 0.6) is 0 Å². The monoisotopic (exact) mass is 654 g/mol. The normalized spacial score (nSPS) is 14.3. The van der Waals surface area contributed by atoms with Gasteiger partial charge < -0.3 is 9.47 Å². The average molecular weight is 656 g/mol. The number of carbonyl (C=O) groups is 3. The van der Waals surface area contributed by atoms with Crippen molar-refractivity contribution in [3.05, 3.63) is 73.4 Å². The predicted octanol–water partition coefficient (Wildman–Crippen LogP) is 7.51. The zero-order valence-corrected chi connectivity index (χ0v) is 26.7. The molecule has 42 heavy (non-hydrogen) atoms. The molecule has 0 N–H and O–H groups in total. The Bertz CT molecular complexity index is 1520. The lowest BCUT2D eigenvalue weighted by molar-refractivity contribution is -0.135. The van der Waals surface area contributed by atoms with Crippen molar-refractivity contribution in [1.29, 1.82) is 0 Å². The fraction of sp³-hybridized carbons (Fsp3) is 0.345. The Morgan fingerprint density at radius 3 is 1.90 bits per heavy atom. The Kier molecular flexibility index (Phi) is 11.8. The topological polar surface area (TPSA) is 103 Å². The number of hydrogen-bond donors (Lipinski definition) is 0. The number of halogens is 4. The molecule has 9 nitrogen and oxygen atoms in total. The molecule has 1 unspecified atom stereocenters. The van der Waals surface area contributed by atoms with Gasteiger partial charge in [-0.3, -0.25) is 4.79 Å². The number of amides is 1. The summed E-state index contributed by atoms with van der Waals surface area (Å²) in [6.07, 6.45) is 1.14. The average Bonchev–Trinajstić information content (AvgIpc) is 3.45. The minimum atomic E-state index is -0.615. The Balaban J connectivity index is 0.000000230. The molecule has 0 fully saturated rings. The minimum absolute atomic E-state index is 0.107. The van der Waals surface area contributed by atoms with Crippen molar-refractivity contribution >= 4 is 75.6 Å². The van der Waals surface area contributed by atoms with Gasteiger partial charge in [0.25, 0.3) is 5.91 Å². The van der Waals surface area contributed by atoms with Crippen LogP contribution in [0.4, 0.5) is 5.69 Å². The summed E-state index contributed by atoms with van der Waals surface area (Å²) in [5.74, 6) is -1.91. The molecule has 2 heterocycles. The molecule has 3 aromatic rings. The van der Waals surface area contributed by atoms with Crippen LogP contribution in [0, 0.1) is 12.8 Å². The molecule has 1 amide bonds. The molecule has 0 aliphatic carbocycles. The summed E-state index contributed by atoms with van der Waals surface area (Å²) in [5, 5.41) is 11.4. The summed E-state index contributed by atoms with van der Waals surface area (Å²) in [4.78, 5) is 36.3. The van der Waals surface area contributed by atoms with Crippen LogP contribution in [0.25, 0.3) is 5.69 Å². The van der Waals surface area contributed by atoms with Crippen molar-refractivity contribution in [2.75, 3.05) is 18.2 Å². The molecule has 0 saturated carbocycles. The van der Waals surface area contributed by atoms with E-state index in [1.807, 2.05) is 20.8 Å². The molecule has 0 bridgehead atoms. The number of esters is 2. The summed E-state index contributed by atoms with van der Waals surface area (Å²) in [6.45, 7) is 9.69. The highest BCUT2D eigenvalue weighted by atomic mass is 35.5. The molecule has 13 heteroatoms. The third-order valence-electron chi connectivity index (χ3n) is 6.28. The first kappa shape index (κ1) is 33.4. The Labute approximate surface area is 264 Å². The Morgan fingerprint density at radius 1 is 0.857 bits per heavy atom. The first-order chi connectivity index (χ1) is 20.0. The lowest BCUT2D eigenvalue weighted by Gasteiger charge is -2.15. The summed E-state index contributed by atoms with van der Waals surface area (Å²) < 4.78 is 11.6. The van der Waals surface area contributed by atoms with Gasteiger partial charge in [0.2, 0.25) is 0 Å². The van der Waals surface area contributed by atoms with E-state index < -0.39 is 17.9 Å². The van der Waals surface area contributed by atoms with Crippen molar-refractivity contribution in [3.8, 4) is 5.69 Å². The van der Waals surface area contributed by atoms with Crippen LogP contribution in [0.2, 0.25) is 20.1 Å². The molecule has 0 spiro atoms. The molecule has 1 atom stereocenters. The molecule has 1 aliphatic heterocycles. The maximum Gasteiger partial charge on any atom is 0.359 e. The lowest BCUT2D eigenvalue weighted by atomic mass is 10.0. The number of anilines is 1. The summed E-state index contributed by atoms with van der Waals surface area (Å²) in [7, 11) is 0. The molecule has 0 radical (unpaired) electrons. The number of ether oxygens (including phenoxy) is 2. The van der Waals surface area contributed by atoms with E-state index in [4.69, 9.17) is 55.9 Å². The highest BCUT2D eigenvalue weighted by Gasteiger charge is 2.40. The van der Waals surface area contributed by atoms with Gasteiger partial charge >= 0.3 is 11.9 Å². The molecule has 0 saturated heterocycles. The van der Waals surface area contributed by atoms with E-state index in [0.717, 1.165) is 16.3 Å². The smallest absolute Gasteiger partial charge is 0.359 e. The summed E-state index contributed by atoms with van der Waals surface area (Å²) in [5.41, 5.74) is 3.25. The predicted molar refractivity (Wildman–Crippen MR) is 165 cm³/mol. The van der Waals surface area contributed by atoms with E-state index in [0.29, 0.717) is 56.6 Å². The maximum absolute atomic E-state index is 12.4. The van der Waals surface area contributed by atoms with Gasteiger partial charge in [0.1, 0.15) is 0 Å². The van der Waals surface area contributed by atoms with Crippen LogP contribution in [0.15, 0.2) is 41.5 Å². The highest BCUT2D eigenvalue weighted by molar-refractivity contribution is 6.44. The first-order valence-electron chi connectivity index (χ1n) is 13.2. The molecule has 4 rings (SSSR count). The van der Waals surface area contributed by atoms with Crippen LogP contribution in [-0.4, -0.2) is 46.6 Å². The second kappa shape index (κ2) is 14.9. The summed E-state index contributed by atoms with van der Waals surface area (Å²) in [6, 6.07) is 9.88. The minimum Gasteiger partial charge on any atom is -0.461 e. The van der Waals surface area contributed by atoms with E-state index in [2.05, 4.69) is 10.2 Å². The van der Waals surface area contributed by atoms with E-state index in [1.54, 1.807) is 48.9 Å². The number of rotatable bonds is 8. The van der Waals surface area contributed by atoms with Gasteiger partial charge in [-0.2, -0.15) is 15.2 Å². The highest BCUT2D eigenvalue weighted by Crippen LogP contribution is 2.33. The van der Waals surface area contributed by atoms with E-state index in [1.165, 1.54) is 6.07 Å². The van der Waals surface area contributed by atoms with Gasteiger partial charge in [-0.15, -0.1) is 0 Å². The first-order valence-corrected chi connectivity index (χ1v) is 14.8. The van der Waals surface area contributed by atoms with Gasteiger partial charge in [-0.1, -0.05) is 60.3 Å². The van der Waals surface area contributed by atoms with Crippen molar-refractivity contribution < 1.29 is 23.9 Å². The second-order valence-electron chi connectivity index (χ2n) is 8.91. The summed E-state index contributed by atoms with van der Waals surface area (Å²) >= 11 is 24.1. The van der Waals surface area contributed by atoms with Crippen LogP contribution in [-0.2, 0) is 25.5 Å². The second-order valence-corrected chi connectivity index (χ2v) is 10.6. The molecule has 1 aromatic heterocycles. The quantitative estimate of drug-likeness (QED) is 0.233. The van der Waals surface area contributed by atoms with Gasteiger partial charge in [-0.25, -0.2) is 14.3 Å². The van der Waals surface area contributed by atoms with Crippen LogP contribution < -0.4 is 5.01 Å². The molecular weight excluding hydrogens is 626 g/mol. The van der Waals surface area contributed by atoms with Crippen LogP contribution in [0.3, 0.4) is 0 Å². The molecule has 224 valence electrons. The van der Waals surface area contributed by atoms with Crippen LogP contribution >= 0.6 is 46.4 Å². The number of nitrogens with zero attached hydrogens (tertiary/aromatic N) is 4. The van der Waals surface area contributed by atoms with Gasteiger partial charge in [0.15, 0.2) is 11.4 Å². The zero-order chi connectivity index (χ0) is 31.1. The fourth-order valence-corrected chi connectivity index (χ4v) is 5.26. The zero-order valence-electron chi connectivity index (χ0n) is 23.7. The van der Waals surface area contributed by atoms with E-state index >= 15 is 0 Å². The maximum atomic E-state index is 12.4. The van der Waals surface area contributed by atoms with E-state index in [9.17, 15) is 14.4 Å². The fourth-order valence-electron chi connectivity index (χ4n) is 4.28. The third kappa shape index (κ3) is 7.26. The number of hydrogen-bond acceptors (Lipinski definition) is 7. The number of carbonyl (C=O) groups excluding carboxylic acids is 3. The van der Waals surface area contributed by atoms with Gasteiger partial charge in [0.05, 0.1) is 40.6 Å². The van der Waals surface area contributed by atoms with E-state index in [-0.39, 0.29) is 18.2 Å². The van der Waals surface area contributed by atoms with Crippen molar-refractivity contribution in [2.45, 2.75) is 47.5 Å². The largest absolute Gasteiger partial charge is 0.461 e.